The zero-order valence-electron chi connectivity index (χ0n) is 20.8. The van der Waals surface area contributed by atoms with Crippen LogP contribution in [0.15, 0.2) is 29.3 Å². The van der Waals surface area contributed by atoms with Crippen molar-refractivity contribution in [3.8, 4) is 10.4 Å². The maximum absolute atomic E-state index is 13.0. The van der Waals surface area contributed by atoms with Gasteiger partial charge in [-0.25, -0.2) is 18.2 Å². The molecular formula is C26H33N3O6S2. The van der Waals surface area contributed by atoms with E-state index in [2.05, 4.69) is 10.3 Å². The highest BCUT2D eigenvalue weighted by atomic mass is 32.2. The van der Waals surface area contributed by atoms with Crippen LogP contribution in [0.3, 0.4) is 0 Å². The maximum Gasteiger partial charge on any atom is 0.407 e. The van der Waals surface area contributed by atoms with Gasteiger partial charge in [-0.2, -0.15) is 0 Å². The highest BCUT2D eigenvalue weighted by Crippen LogP contribution is 2.43. The predicted molar refractivity (Wildman–Crippen MR) is 140 cm³/mol. The number of carboxylic acid groups (broad SMARTS) is 1. The van der Waals surface area contributed by atoms with E-state index >= 15 is 0 Å². The van der Waals surface area contributed by atoms with E-state index in [0.717, 1.165) is 35.6 Å². The van der Waals surface area contributed by atoms with Crippen LogP contribution in [0.1, 0.15) is 69.2 Å². The number of rotatable bonds is 9. The minimum absolute atomic E-state index is 0.0236. The summed E-state index contributed by atoms with van der Waals surface area (Å²) in [6.07, 6.45) is 6.94. The topological polar surface area (TPSA) is 149 Å². The van der Waals surface area contributed by atoms with Crippen LogP contribution in [0, 0.1) is 11.8 Å². The molecule has 0 saturated heterocycles. The zero-order valence-corrected chi connectivity index (χ0v) is 22.4. The van der Waals surface area contributed by atoms with Crippen molar-refractivity contribution in [3.63, 3.8) is 0 Å². The maximum atomic E-state index is 13.0. The number of ether oxygens (including phenoxy) is 1. The number of thiazole rings is 1. The van der Waals surface area contributed by atoms with Gasteiger partial charge in [0, 0.05) is 29.4 Å². The quantitative estimate of drug-likeness (QED) is 0.386. The van der Waals surface area contributed by atoms with Crippen molar-refractivity contribution in [2.45, 2.75) is 86.5 Å². The van der Waals surface area contributed by atoms with Crippen LogP contribution in [-0.4, -0.2) is 48.0 Å². The fourth-order valence-electron chi connectivity index (χ4n) is 5.29. The molecule has 3 atom stereocenters. The molecule has 0 radical (unpaired) electrons. The van der Waals surface area contributed by atoms with E-state index in [4.69, 9.17) is 15.6 Å². The first kappa shape index (κ1) is 26.0. The Bertz CT molecular complexity index is 1280. The molecule has 0 bridgehead atoms. The van der Waals surface area contributed by atoms with Gasteiger partial charge in [-0.1, -0.05) is 6.07 Å². The molecule has 1 aromatic heterocycles. The SMILES string of the molecule is CC(CC1CC1C(=O)O)OC(=O)NC1CCC(c2ncc(-c3ccc(N)cc3S(=O)(=O)C3CC3)s2)CC1. The predicted octanol–water partition coefficient (Wildman–Crippen LogP) is 4.58. The molecule has 3 unspecified atom stereocenters. The third-order valence-electron chi connectivity index (χ3n) is 7.65. The van der Waals surface area contributed by atoms with Crippen molar-refractivity contribution in [1.82, 2.24) is 10.3 Å². The van der Waals surface area contributed by atoms with Crippen molar-refractivity contribution in [2.75, 3.05) is 5.73 Å². The minimum Gasteiger partial charge on any atom is -0.481 e. The number of anilines is 1. The summed E-state index contributed by atoms with van der Waals surface area (Å²) in [5.74, 6) is -0.725. The van der Waals surface area contributed by atoms with Gasteiger partial charge < -0.3 is 20.9 Å². The molecule has 37 heavy (non-hydrogen) atoms. The van der Waals surface area contributed by atoms with Gasteiger partial charge in [0.2, 0.25) is 0 Å². The molecule has 0 spiro atoms. The molecule has 1 amide bonds. The smallest absolute Gasteiger partial charge is 0.407 e. The third-order valence-corrected chi connectivity index (χ3v) is 11.1. The second kappa shape index (κ2) is 10.2. The van der Waals surface area contributed by atoms with E-state index in [1.165, 1.54) is 11.3 Å². The zero-order chi connectivity index (χ0) is 26.3. The number of carbonyl (C=O) groups is 2. The number of aliphatic carboxylic acids is 1. The summed E-state index contributed by atoms with van der Waals surface area (Å²) in [4.78, 5) is 29.1. The number of hydrogen-bond acceptors (Lipinski definition) is 8. The molecule has 1 heterocycles. The number of carbonyl (C=O) groups excluding carboxylic acids is 1. The Morgan fingerprint density at radius 3 is 2.59 bits per heavy atom. The molecule has 4 N–H and O–H groups in total. The normalized spacial score (nSPS) is 26.3. The molecule has 0 aliphatic heterocycles. The van der Waals surface area contributed by atoms with Crippen LogP contribution in [-0.2, 0) is 19.4 Å². The fraction of sp³-hybridized carbons (Fsp3) is 0.577. The van der Waals surface area contributed by atoms with Crippen LogP contribution in [0.4, 0.5) is 10.5 Å². The Balaban J connectivity index is 1.15. The first-order valence-corrected chi connectivity index (χ1v) is 15.3. The van der Waals surface area contributed by atoms with Gasteiger partial charge in [0.15, 0.2) is 9.84 Å². The molecule has 11 heteroatoms. The van der Waals surface area contributed by atoms with Crippen molar-refractivity contribution < 1.29 is 27.9 Å². The highest BCUT2D eigenvalue weighted by Gasteiger charge is 2.44. The van der Waals surface area contributed by atoms with Crippen molar-refractivity contribution in [1.29, 1.82) is 0 Å². The minimum atomic E-state index is -3.40. The Hall–Kier alpha value is -2.66. The summed E-state index contributed by atoms with van der Waals surface area (Å²) >= 11 is 1.53. The van der Waals surface area contributed by atoms with E-state index in [-0.39, 0.29) is 35.1 Å². The molecule has 5 rings (SSSR count). The average Bonchev–Trinajstić information content (AvgIpc) is 3.77. The molecular weight excluding hydrogens is 514 g/mol. The Kier molecular flexibility index (Phi) is 7.19. The number of alkyl carbamates (subject to hydrolysis) is 1. The first-order chi connectivity index (χ1) is 17.6. The van der Waals surface area contributed by atoms with Gasteiger partial charge in [0.05, 0.1) is 25.9 Å². The van der Waals surface area contributed by atoms with Gasteiger partial charge in [-0.3, -0.25) is 4.79 Å². The lowest BCUT2D eigenvalue weighted by molar-refractivity contribution is -0.138. The number of sulfone groups is 1. The van der Waals surface area contributed by atoms with Crippen LogP contribution < -0.4 is 11.1 Å². The highest BCUT2D eigenvalue weighted by molar-refractivity contribution is 7.92. The van der Waals surface area contributed by atoms with Gasteiger partial charge in [0.1, 0.15) is 6.10 Å². The largest absolute Gasteiger partial charge is 0.481 e. The summed E-state index contributed by atoms with van der Waals surface area (Å²) in [5.41, 5.74) is 7.02. The molecule has 200 valence electrons. The van der Waals surface area contributed by atoms with Crippen LogP contribution >= 0.6 is 11.3 Å². The number of hydrogen-bond donors (Lipinski definition) is 3. The lowest BCUT2D eigenvalue weighted by atomic mass is 9.86. The van der Waals surface area contributed by atoms with E-state index in [1.54, 1.807) is 31.3 Å². The Morgan fingerprint density at radius 1 is 1.22 bits per heavy atom. The van der Waals surface area contributed by atoms with Gasteiger partial charge in [0.25, 0.3) is 0 Å². The molecule has 3 aliphatic rings. The van der Waals surface area contributed by atoms with Gasteiger partial charge in [-0.15, -0.1) is 11.3 Å². The van der Waals surface area contributed by atoms with Crippen molar-refractivity contribution in [3.05, 3.63) is 29.4 Å². The second-order valence-corrected chi connectivity index (χ2v) is 13.9. The molecule has 3 fully saturated rings. The summed E-state index contributed by atoms with van der Waals surface area (Å²) in [7, 11) is -3.40. The number of benzene rings is 1. The number of nitrogens with two attached hydrogens (primary N) is 1. The van der Waals surface area contributed by atoms with E-state index in [0.29, 0.717) is 41.8 Å². The van der Waals surface area contributed by atoms with Gasteiger partial charge >= 0.3 is 12.1 Å². The number of nitrogen functional groups attached to an aromatic ring is 1. The van der Waals surface area contributed by atoms with E-state index < -0.39 is 21.9 Å². The standard InChI is InChI=1S/C26H33N3O6S2/c1-14(10-16-11-21(16)25(30)31)35-26(32)29-18-5-2-15(3-6-18)24-28-13-22(36-24)20-9-4-17(27)12-23(20)37(33,34)19-7-8-19/h4,9,12-16,18-19,21H,2-3,5-8,10-11,27H2,1H3,(H,29,32)(H,30,31). The van der Waals surface area contributed by atoms with Crippen LogP contribution in [0.5, 0.6) is 0 Å². The first-order valence-electron chi connectivity index (χ1n) is 12.9. The Labute approximate surface area is 220 Å². The number of carboxylic acids is 1. The number of aromatic nitrogens is 1. The van der Waals surface area contributed by atoms with E-state index in [9.17, 15) is 18.0 Å². The van der Waals surface area contributed by atoms with Crippen LogP contribution in [0.2, 0.25) is 0 Å². The monoisotopic (exact) mass is 547 g/mol. The number of nitrogens with zero attached hydrogens (tertiary/aromatic N) is 1. The molecule has 1 aromatic carbocycles. The molecule has 3 saturated carbocycles. The lowest BCUT2D eigenvalue weighted by Gasteiger charge is -2.28. The Morgan fingerprint density at radius 2 is 1.95 bits per heavy atom. The van der Waals surface area contributed by atoms with E-state index in [1.807, 2.05) is 0 Å². The number of amides is 1. The second-order valence-electron chi connectivity index (χ2n) is 10.6. The van der Waals surface area contributed by atoms with Crippen molar-refractivity contribution >= 4 is 38.9 Å². The summed E-state index contributed by atoms with van der Waals surface area (Å²) in [6, 6.07) is 5.09. The van der Waals surface area contributed by atoms with Crippen LogP contribution in [0.25, 0.3) is 10.4 Å². The van der Waals surface area contributed by atoms with Crippen molar-refractivity contribution in [2.24, 2.45) is 11.8 Å². The average molecular weight is 548 g/mol. The summed E-state index contributed by atoms with van der Waals surface area (Å²) in [5, 5.41) is 12.6. The molecule has 3 aliphatic carbocycles. The lowest BCUT2D eigenvalue weighted by Crippen LogP contribution is -2.39. The third kappa shape index (κ3) is 5.93. The summed E-state index contributed by atoms with van der Waals surface area (Å²) in [6.45, 7) is 1.80. The van der Waals surface area contributed by atoms with Gasteiger partial charge in [-0.05, 0) is 76.3 Å². The summed E-state index contributed by atoms with van der Waals surface area (Å²) < 4.78 is 31.4. The molecule has 9 nitrogen and oxygen atoms in total. The fourth-order valence-corrected chi connectivity index (χ4v) is 8.38. The molecule has 2 aromatic rings. The number of nitrogens with one attached hydrogen (secondary N) is 1.